The molecule has 0 spiro atoms. The van der Waals surface area contributed by atoms with Gasteiger partial charge in [-0.2, -0.15) is 23.0 Å². The summed E-state index contributed by atoms with van der Waals surface area (Å²) in [6.07, 6.45) is -3.17. The minimum Gasteiger partial charge on any atom is -0.376 e. The van der Waals surface area contributed by atoms with E-state index in [0.29, 0.717) is 54.1 Å². The zero-order valence-corrected chi connectivity index (χ0v) is 24.3. The molecule has 4 aromatic rings. The summed E-state index contributed by atoms with van der Waals surface area (Å²) in [5.41, 5.74) is 2.20. The molecule has 1 saturated heterocycles. The van der Waals surface area contributed by atoms with Crippen LogP contribution < -0.4 is 16.0 Å². The lowest BCUT2D eigenvalue weighted by molar-refractivity contribution is -0.137. The Balaban J connectivity index is 1.38. The third kappa shape index (κ3) is 7.30. The highest BCUT2D eigenvalue weighted by Crippen LogP contribution is 2.32. The Kier molecular flexibility index (Phi) is 8.64. The number of ether oxygens (including phenoxy) is 1. The number of alkyl halides is 3. The largest absolute Gasteiger partial charge is 0.416 e. The summed E-state index contributed by atoms with van der Waals surface area (Å²) in [6, 6.07) is 12.3. The Labute approximate surface area is 247 Å². The third-order valence-electron chi connectivity index (χ3n) is 7.03. The average molecular weight is 595 g/mol. The number of aromatic nitrogens is 4. The zero-order chi connectivity index (χ0) is 30.7. The fourth-order valence-corrected chi connectivity index (χ4v) is 4.91. The highest BCUT2D eigenvalue weighted by molar-refractivity contribution is 6.04. The minimum absolute atomic E-state index is 0.0130. The fraction of sp³-hybridized carbons (Fsp3) is 0.333. The van der Waals surface area contributed by atoms with Crippen LogP contribution in [0, 0.1) is 13.8 Å². The molecule has 226 valence electrons. The summed E-state index contributed by atoms with van der Waals surface area (Å²) in [5.74, 6) is 1.16. The summed E-state index contributed by atoms with van der Waals surface area (Å²) in [4.78, 5) is 23.8. The molecular formula is C30H33F3N8O2. The van der Waals surface area contributed by atoms with E-state index in [4.69, 9.17) is 4.74 Å². The number of carbonyl (C=O) groups is 1. The van der Waals surface area contributed by atoms with Crippen molar-refractivity contribution < 1.29 is 22.7 Å². The molecule has 0 radical (unpaired) electrons. The molecule has 10 nitrogen and oxygen atoms in total. The number of benzene rings is 2. The molecule has 2 aromatic carbocycles. The molecule has 5 rings (SSSR count). The Bertz CT molecular complexity index is 1620. The van der Waals surface area contributed by atoms with E-state index in [9.17, 15) is 18.0 Å². The summed E-state index contributed by atoms with van der Waals surface area (Å²) in [6.45, 7) is 7.67. The van der Waals surface area contributed by atoms with Crippen molar-refractivity contribution in [2.24, 2.45) is 0 Å². The number of morpholine rings is 1. The molecule has 13 heteroatoms. The second kappa shape index (κ2) is 12.4. The maximum absolute atomic E-state index is 13.8. The van der Waals surface area contributed by atoms with Crippen molar-refractivity contribution in [3.05, 3.63) is 82.8 Å². The lowest BCUT2D eigenvalue weighted by Crippen LogP contribution is -2.40. The first-order valence-corrected chi connectivity index (χ1v) is 13.8. The van der Waals surface area contributed by atoms with Crippen molar-refractivity contribution in [2.45, 2.75) is 39.6 Å². The number of aryl methyl sites for hydroxylation is 2. The molecule has 1 aliphatic heterocycles. The molecule has 0 unspecified atom stereocenters. The van der Waals surface area contributed by atoms with Gasteiger partial charge in [0.1, 0.15) is 18.0 Å². The number of anilines is 4. The standard InChI is InChI=1S/C30H33F3N8O2/c1-18-5-6-24(13-25(18)38-28-9-19(2)39-41(28)27-14-26(34-4)35-17-36-27)37-29(42)22-10-21(11-23(12-22)30(31,32)33)16-40-7-8-43-20(3)15-40/h5-6,9-14,17,20,38H,7-8,15-16H2,1-4H3,(H,37,42)(H,34,35,36)/t20-/m0/s1. The summed E-state index contributed by atoms with van der Waals surface area (Å²) in [5, 5.41) is 13.6. The van der Waals surface area contributed by atoms with Crippen molar-refractivity contribution in [3.63, 3.8) is 0 Å². The molecule has 3 N–H and O–H groups in total. The maximum atomic E-state index is 13.8. The van der Waals surface area contributed by atoms with Gasteiger partial charge in [0.2, 0.25) is 0 Å². The predicted octanol–water partition coefficient (Wildman–Crippen LogP) is 5.56. The van der Waals surface area contributed by atoms with Crippen LogP contribution in [0.2, 0.25) is 0 Å². The van der Waals surface area contributed by atoms with E-state index in [1.807, 2.05) is 37.8 Å². The number of nitrogens with one attached hydrogen (secondary N) is 3. The van der Waals surface area contributed by atoms with Crippen molar-refractivity contribution in [2.75, 3.05) is 42.7 Å². The van der Waals surface area contributed by atoms with Gasteiger partial charge < -0.3 is 20.7 Å². The Morgan fingerprint density at radius 1 is 1.09 bits per heavy atom. The van der Waals surface area contributed by atoms with Gasteiger partial charge in [-0.15, -0.1) is 0 Å². The number of halogens is 3. The molecule has 43 heavy (non-hydrogen) atoms. The Morgan fingerprint density at radius 2 is 1.91 bits per heavy atom. The second-order valence-corrected chi connectivity index (χ2v) is 10.5. The van der Waals surface area contributed by atoms with Gasteiger partial charge in [0.05, 0.1) is 24.0 Å². The molecule has 0 bridgehead atoms. The quantitative estimate of drug-likeness (QED) is 0.244. The van der Waals surface area contributed by atoms with Crippen molar-refractivity contribution in [1.29, 1.82) is 0 Å². The smallest absolute Gasteiger partial charge is 0.376 e. The van der Waals surface area contributed by atoms with E-state index in [-0.39, 0.29) is 18.2 Å². The number of rotatable bonds is 8. The van der Waals surface area contributed by atoms with E-state index < -0.39 is 17.6 Å². The molecule has 3 heterocycles. The first-order chi connectivity index (χ1) is 20.5. The van der Waals surface area contributed by atoms with Crippen molar-refractivity contribution >= 4 is 28.9 Å². The van der Waals surface area contributed by atoms with Gasteiger partial charge in [0, 0.05) is 55.8 Å². The maximum Gasteiger partial charge on any atom is 0.416 e. The minimum atomic E-state index is -4.59. The molecule has 1 atom stereocenters. The lowest BCUT2D eigenvalue weighted by Gasteiger charge is -2.31. The fourth-order valence-electron chi connectivity index (χ4n) is 4.91. The van der Waals surface area contributed by atoms with Crippen molar-refractivity contribution in [1.82, 2.24) is 24.6 Å². The number of carbonyl (C=O) groups excluding carboxylic acids is 1. The topological polar surface area (TPSA) is 109 Å². The van der Waals surface area contributed by atoms with Crippen LogP contribution in [0.5, 0.6) is 0 Å². The first kappa shape index (κ1) is 30.0. The average Bonchev–Trinajstić information content (AvgIpc) is 3.34. The summed E-state index contributed by atoms with van der Waals surface area (Å²) < 4.78 is 48.6. The van der Waals surface area contributed by atoms with Crippen LogP contribution in [-0.4, -0.2) is 63.4 Å². The van der Waals surface area contributed by atoms with Gasteiger partial charge >= 0.3 is 6.18 Å². The highest BCUT2D eigenvalue weighted by atomic mass is 19.4. The zero-order valence-electron chi connectivity index (χ0n) is 24.3. The van der Waals surface area contributed by atoms with Gasteiger partial charge in [-0.3, -0.25) is 9.69 Å². The molecule has 0 saturated carbocycles. The molecule has 1 amide bonds. The van der Waals surface area contributed by atoms with Crippen LogP contribution in [0.15, 0.2) is 54.9 Å². The first-order valence-electron chi connectivity index (χ1n) is 13.8. The molecular weight excluding hydrogens is 561 g/mol. The Morgan fingerprint density at radius 3 is 2.65 bits per heavy atom. The predicted molar refractivity (Wildman–Crippen MR) is 158 cm³/mol. The number of hydrogen-bond donors (Lipinski definition) is 3. The molecule has 0 aliphatic carbocycles. The monoisotopic (exact) mass is 594 g/mol. The van der Waals surface area contributed by atoms with Gasteiger partial charge in [0.25, 0.3) is 5.91 Å². The number of nitrogens with zero attached hydrogens (tertiary/aromatic N) is 5. The van der Waals surface area contributed by atoms with Gasteiger partial charge in [-0.25, -0.2) is 9.97 Å². The van der Waals surface area contributed by atoms with Gasteiger partial charge in [-0.05, 0) is 62.2 Å². The second-order valence-electron chi connectivity index (χ2n) is 10.5. The summed E-state index contributed by atoms with van der Waals surface area (Å²) in [7, 11) is 1.76. The lowest BCUT2D eigenvalue weighted by atomic mass is 10.0. The van der Waals surface area contributed by atoms with E-state index in [0.717, 1.165) is 23.4 Å². The molecule has 2 aromatic heterocycles. The van der Waals surface area contributed by atoms with Crippen LogP contribution in [0.25, 0.3) is 5.82 Å². The van der Waals surface area contributed by atoms with E-state index in [1.165, 1.54) is 12.4 Å². The summed E-state index contributed by atoms with van der Waals surface area (Å²) >= 11 is 0. The van der Waals surface area contributed by atoms with Gasteiger partial charge in [-0.1, -0.05) is 6.07 Å². The highest BCUT2D eigenvalue weighted by Gasteiger charge is 2.32. The van der Waals surface area contributed by atoms with Crippen LogP contribution in [0.3, 0.4) is 0 Å². The SMILES string of the molecule is CNc1cc(-n2nc(C)cc2Nc2cc(NC(=O)c3cc(CN4CCO[C@@H](C)C4)cc(C(F)(F)F)c3)ccc2C)ncn1. The van der Waals surface area contributed by atoms with Crippen LogP contribution in [0.4, 0.5) is 36.2 Å². The Hall–Kier alpha value is -4.49. The van der Waals surface area contributed by atoms with Crippen molar-refractivity contribution in [3.8, 4) is 5.82 Å². The van der Waals surface area contributed by atoms with Gasteiger partial charge in [0.15, 0.2) is 5.82 Å². The third-order valence-corrected chi connectivity index (χ3v) is 7.03. The van der Waals surface area contributed by atoms with Crippen LogP contribution in [0.1, 0.15) is 39.7 Å². The van der Waals surface area contributed by atoms with E-state index in [1.54, 1.807) is 29.9 Å². The van der Waals surface area contributed by atoms with E-state index >= 15 is 0 Å². The number of amides is 1. The number of hydrogen-bond acceptors (Lipinski definition) is 8. The molecule has 1 aliphatic rings. The normalized spacial score (nSPS) is 15.7. The molecule has 1 fully saturated rings. The van der Waals surface area contributed by atoms with Crippen LogP contribution >= 0.6 is 0 Å². The van der Waals surface area contributed by atoms with Crippen LogP contribution in [-0.2, 0) is 17.5 Å². The van der Waals surface area contributed by atoms with E-state index in [2.05, 4.69) is 31.0 Å².